The van der Waals surface area contributed by atoms with Gasteiger partial charge in [0.15, 0.2) is 0 Å². The number of nitrogens with zero attached hydrogens (tertiary/aromatic N) is 1. The fourth-order valence-corrected chi connectivity index (χ4v) is 3.24. The van der Waals surface area contributed by atoms with Gasteiger partial charge in [0.25, 0.3) is 0 Å². The fraction of sp³-hybridized carbons (Fsp3) is 0.357. The molecule has 2 aromatic heterocycles. The van der Waals surface area contributed by atoms with Crippen LogP contribution in [0.25, 0.3) is 0 Å². The van der Waals surface area contributed by atoms with Gasteiger partial charge in [0.2, 0.25) is 5.91 Å². The molecule has 0 radical (unpaired) electrons. The first-order valence-electron chi connectivity index (χ1n) is 6.24. The van der Waals surface area contributed by atoms with Crippen LogP contribution in [0.5, 0.6) is 0 Å². The van der Waals surface area contributed by atoms with Gasteiger partial charge in [-0.1, -0.05) is 19.1 Å². The van der Waals surface area contributed by atoms with Gasteiger partial charge in [0, 0.05) is 22.2 Å². The molecule has 0 saturated heterocycles. The van der Waals surface area contributed by atoms with Gasteiger partial charge >= 0.3 is 0 Å². The van der Waals surface area contributed by atoms with Crippen LogP contribution in [0.15, 0.2) is 35.0 Å². The van der Waals surface area contributed by atoms with Crippen LogP contribution in [0.4, 0.5) is 0 Å². The van der Waals surface area contributed by atoms with E-state index in [9.17, 15) is 4.79 Å². The Morgan fingerprint density at radius 2 is 1.70 bits per heavy atom. The maximum atomic E-state index is 12.4. The first-order valence-corrected chi connectivity index (χ1v) is 8.00. The molecule has 3 nitrogen and oxygen atoms in total. The Morgan fingerprint density at radius 3 is 2.05 bits per heavy atom. The zero-order valence-electron chi connectivity index (χ0n) is 11.3. The largest absolute Gasteiger partial charge is 0.332 e. The van der Waals surface area contributed by atoms with Crippen molar-refractivity contribution in [2.24, 2.45) is 11.7 Å². The van der Waals surface area contributed by atoms with Crippen molar-refractivity contribution >= 4 is 41.0 Å². The van der Waals surface area contributed by atoms with Crippen molar-refractivity contribution in [1.82, 2.24) is 4.90 Å². The van der Waals surface area contributed by atoms with E-state index in [0.717, 1.165) is 0 Å². The number of carbonyl (C=O) groups is 1. The Bertz CT molecular complexity index is 463. The zero-order valence-corrected chi connectivity index (χ0v) is 13.8. The summed E-state index contributed by atoms with van der Waals surface area (Å²) in [4.78, 5) is 16.7. The minimum absolute atomic E-state index is 0. The Kier molecular flexibility index (Phi) is 7.23. The number of hydrogen-bond donors (Lipinski definition) is 1. The quantitative estimate of drug-likeness (QED) is 0.882. The Labute approximate surface area is 133 Å². The molecule has 2 N–H and O–H groups in total. The van der Waals surface area contributed by atoms with Gasteiger partial charge in [-0.15, -0.1) is 35.1 Å². The van der Waals surface area contributed by atoms with E-state index in [1.165, 1.54) is 9.75 Å². The average molecular weight is 331 g/mol. The van der Waals surface area contributed by atoms with Crippen LogP contribution in [0, 0.1) is 5.92 Å². The number of halogens is 1. The number of nitrogens with two attached hydrogens (primary N) is 1. The predicted molar refractivity (Wildman–Crippen MR) is 88.4 cm³/mol. The third kappa shape index (κ3) is 4.59. The van der Waals surface area contributed by atoms with Gasteiger partial charge in [-0.3, -0.25) is 4.79 Å². The van der Waals surface area contributed by atoms with Gasteiger partial charge < -0.3 is 10.6 Å². The molecule has 0 fully saturated rings. The molecular weight excluding hydrogens is 312 g/mol. The zero-order chi connectivity index (χ0) is 13.7. The highest BCUT2D eigenvalue weighted by molar-refractivity contribution is 7.10. The van der Waals surface area contributed by atoms with Crippen LogP contribution < -0.4 is 5.73 Å². The summed E-state index contributed by atoms with van der Waals surface area (Å²) in [6.07, 6.45) is 0. The lowest BCUT2D eigenvalue weighted by atomic mass is 10.1. The molecule has 2 rings (SSSR count). The van der Waals surface area contributed by atoms with Gasteiger partial charge in [0.1, 0.15) is 0 Å². The maximum Gasteiger partial charge on any atom is 0.227 e. The first kappa shape index (κ1) is 17.2. The molecule has 1 amide bonds. The molecule has 1 atom stereocenters. The molecule has 1 unspecified atom stereocenters. The molecule has 0 aromatic carbocycles. The maximum absolute atomic E-state index is 12.4. The first-order chi connectivity index (χ1) is 9.20. The molecule has 0 aliphatic carbocycles. The summed E-state index contributed by atoms with van der Waals surface area (Å²) in [7, 11) is 0. The lowest BCUT2D eigenvalue weighted by molar-refractivity contribution is -0.135. The summed E-state index contributed by atoms with van der Waals surface area (Å²) in [5, 5.41) is 4.07. The molecule has 0 spiro atoms. The predicted octanol–water partition coefficient (Wildman–Crippen LogP) is 3.36. The molecule has 0 aliphatic rings. The van der Waals surface area contributed by atoms with Gasteiger partial charge in [-0.05, 0) is 22.9 Å². The molecule has 6 heteroatoms. The van der Waals surface area contributed by atoms with Crippen LogP contribution in [0.1, 0.15) is 16.7 Å². The number of amides is 1. The highest BCUT2D eigenvalue weighted by Crippen LogP contribution is 2.18. The van der Waals surface area contributed by atoms with Crippen LogP contribution in [0.3, 0.4) is 0 Å². The van der Waals surface area contributed by atoms with E-state index >= 15 is 0 Å². The van der Waals surface area contributed by atoms with E-state index < -0.39 is 0 Å². The molecule has 0 aliphatic heterocycles. The second-order valence-electron chi connectivity index (χ2n) is 4.49. The van der Waals surface area contributed by atoms with Crippen molar-refractivity contribution < 1.29 is 4.79 Å². The molecule has 0 bridgehead atoms. The summed E-state index contributed by atoms with van der Waals surface area (Å²) < 4.78 is 0. The highest BCUT2D eigenvalue weighted by atomic mass is 35.5. The second-order valence-corrected chi connectivity index (χ2v) is 6.55. The summed E-state index contributed by atoms with van der Waals surface area (Å²) in [5.41, 5.74) is 5.62. The van der Waals surface area contributed by atoms with E-state index in [4.69, 9.17) is 5.73 Å². The van der Waals surface area contributed by atoms with Crippen molar-refractivity contribution in [3.8, 4) is 0 Å². The van der Waals surface area contributed by atoms with E-state index in [-0.39, 0.29) is 24.2 Å². The van der Waals surface area contributed by atoms with E-state index in [0.29, 0.717) is 19.6 Å². The van der Waals surface area contributed by atoms with Crippen molar-refractivity contribution in [1.29, 1.82) is 0 Å². The van der Waals surface area contributed by atoms with Crippen molar-refractivity contribution in [2.45, 2.75) is 20.0 Å². The number of hydrogen-bond acceptors (Lipinski definition) is 4. The van der Waals surface area contributed by atoms with E-state index in [1.807, 2.05) is 34.7 Å². The van der Waals surface area contributed by atoms with Gasteiger partial charge in [-0.2, -0.15) is 0 Å². The molecule has 2 heterocycles. The summed E-state index contributed by atoms with van der Waals surface area (Å²) in [5.74, 6) is 0.00391. The standard InChI is InChI=1S/C14H18N2OS2.ClH/c1-11(8-15)14(17)16(9-12-4-2-6-18-12)10-13-5-3-7-19-13;/h2-7,11H,8-10,15H2,1H3;1H. The fourth-order valence-electron chi connectivity index (χ4n) is 1.81. The van der Waals surface area contributed by atoms with E-state index in [2.05, 4.69) is 12.1 Å². The SMILES string of the molecule is CC(CN)C(=O)N(Cc1cccs1)Cc1cccs1.Cl. The minimum atomic E-state index is -0.125. The lowest BCUT2D eigenvalue weighted by Crippen LogP contribution is -2.36. The molecule has 20 heavy (non-hydrogen) atoms. The van der Waals surface area contributed by atoms with Crippen LogP contribution >= 0.6 is 35.1 Å². The van der Waals surface area contributed by atoms with Crippen molar-refractivity contribution in [3.05, 3.63) is 44.8 Å². The van der Waals surface area contributed by atoms with Crippen molar-refractivity contribution in [3.63, 3.8) is 0 Å². The van der Waals surface area contributed by atoms with Crippen LogP contribution in [-0.2, 0) is 17.9 Å². The normalized spacial score (nSPS) is 11.7. The monoisotopic (exact) mass is 330 g/mol. The topological polar surface area (TPSA) is 46.3 Å². The lowest BCUT2D eigenvalue weighted by Gasteiger charge is -2.24. The third-order valence-corrected chi connectivity index (χ3v) is 4.66. The highest BCUT2D eigenvalue weighted by Gasteiger charge is 2.20. The van der Waals surface area contributed by atoms with Gasteiger partial charge in [0.05, 0.1) is 13.1 Å². The average Bonchev–Trinajstić information content (AvgIpc) is 3.09. The minimum Gasteiger partial charge on any atom is -0.332 e. The Hall–Kier alpha value is -0.880. The van der Waals surface area contributed by atoms with Crippen molar-refractivity contribution in [2.75, 3.05) is 6.54 Å². The Morgan fingerprint density at radius 1 is 1.20 bits per heavy atom. The summed E-state index contributed by atoms with van der Waals surface area (Å²) >= 11 is 3.36. The molecular formula is C14H19ClN2OS2. The number of rotatable bonds is 6. The summed E-state index contributed by atoms with van der Waals surface area (Å²) in [6, 6.07) is 8.15. The Balaban J connectivity index is 0.00000200. The third-order valence-electron chi connectivity index (χ3n) is 2.94. The second kappa shape index (κ2) is 8.42. The van der Waals surface area contributed by atoms with Gasteiger partial charge in [-0.25, -0.2) is 0 Å². The molecule has 0 saturated carbocycles. The number of thiophene rings is 2. The van der Waals surface area contributed by atoms with E-state index in [1.54, 1.807) is 22.7 Å². The van der Waals surface area contributed by atoms with Crippen LogP contribution in [-0.4, -0.2) is 17.4 Å². The molecule has 2 aromatic rings. The molecule has 110 valence electrons. The van der Waals surface area contributed by atoms with Crippen LogP contribution in [0.2, 0.25) is 0 Å². The number of carbonyl (C=O) groups excluding carboxylic acids is 1. The summed E-state index contributed by atoms with van der Waals surface area (Å²) in [6.45, 7) is 3.61. The smallest absolute Gasteiger partial charge is 0.227 e.